The van der Waals surface area contributed by atoms with Gasteiger partial charge in [-0.2, -0.15) is 0 Å². The van der Waals surface area contributed by atoms with Crippen molar-refractivity contribution >= 4 is 23.5 Å². The Morgan fingerprint density at radius 1 is 1.04 bits per heavy atom. The number of aromatic carboxylic acids is 1. The molecule has 6 nitrogen and oxygen atoms in total. The van der Waals surface area contributed by atoms with E-state index >= 15 is 0 Å². The van der Waals surface area contributed by atoms with Crippen molar-refractivity contribution in [3.63, 3.8) is 0 Å². The van der Waals surface area contributed by atoms with Gasteiger partial charge in [-0.25, -0.2) is 9.18 Å². The van der Waals surface area contributed by atoms with Gasteiger partial charge in [0, 0.05) is 17.8 Å². The zero-order valence-electron chi connectivity index (χ0n) is 15.3. The lowest BCUT2D eigenvalue weighted by molar-refractivity contribution is 0.0695. The Bertz CT molecular complexity index is 894. The van der Waals surface area contributed by atoms with Gasteiger partial charge >= 0.3 is 5.97 Å². The molecule has 2 aromatic carbocycles. The van der Waals surface area contributed by atoms with Crippen LogP contribution in [0.1, 0.15) is 50.5 Å². The molecule has 2 rings (SSSR count). The molecule has 2 aromatic rings. The molecule has 0 aliphatic rings. The van der Waals surface area contributed by atoms with Crippen LogP contribution < -0.4 is 10.6 Å². The molecule has 0 saturated heterocycles. The Morgan fingerprint density at radius 2 is 1.70 bits per heavy atom. The third kappa shape index (κ3) is 5.13. The third-order valence-electron chi connectivity index (χ3n) is 3.87. The van der Waals surface area contributed by atoms with Gasteiger partial charge in [-0.1, -0.05) is 13.8 Å². The van der Waals surface area contributed by atoms with Crippen LogP contribution in [0.2, 0.25) is 0 Å². The average Bonchev–Trinajstić information content (AvgIpc) is 2.60. The molecule has 0 fully saturated rings. The Labute approximate surface area is 156 Å². The number of carbonyl (C=O) groups excluding carboxylic acids is 2. The zero-order chi connectivity index (χ0) is 20.1. The molecule has 0 aromatic heterocycles. The number of carboxylic acids is 1. The lowest BCUT2D eigenvalue weighted by Crippen LogP contribution is -2.27. The first-order chi connectivity index (χ1) is 12.7. The number of hydrogen-bond acceptors (Lipinski definition) is 3. The number of carbonyl (C=O) groups is 3. The normalized spacial score (nSPS) is 10.6. The molecule has 2 amide bonds. The van der Waals surface area contributed by atoms with Gasteiger partial charge in [0.1, 0.15) is 5.82 Å². The fourth-order valence-corrected chi connectivity index (χ4v) is 2.37. The van der Waals surface area contributed by atoms with Crippen LogP contribution >= 0.6 is 0 Å². The van der Waals surface area contributed by atoms with E-state index in [1.807, 2.05) is 13.8 Å². The predicted octanol–water partition coefficient (Wildman–Crippen LogP) is 3.47. The molecular weight excluding hydrogens is 351 g/mol. The molecule has 27 heavy (non-hydrogen) atoms. The van der Waals surface area contributed by atoms with Gasteiger partial charge in [0.2, 0.25) is 0 Å². The van der Waals surface area contributed by atoms with Crippen molar-refractivity contribution in [2.45, 2.75) is 20.8 Å². The minimum Gasteiger partial charge on any atom is -0.478 e. The lowest BCUT2D eigenvalue weighted by Gasteiger charge is -2.12. The van der Waals surface area contributed by atoms with Crippen molar-refractivity contribution in [3.05, 3.63) is 64.5 Å². The van der Waals surface area contributed by atoms with Gasteiger partial charge in [0.05, 0.1) is 11.1 Å². The topological polar surface area (TPSA) is 95.5 Å². The van der Waals surface area contributed by atoms with Crippen LogP contribution in [0.4, 0.5) is 10.1 Å². The van der Waals surface area contributed by atoms with Crippen molar-refractivity contribution in [2.75, 3.05) is 11.9 Å². The molecule has 7 heteroatoms. The summed E-state index contributed by atoms with van der Waals surface area (Å²) in [6.45, 7) is 6.26. The number of halogens is 1. The monoisotopic (exact) mass is 372 g/mol. The van der Waals surface area contributed by atoms with Gasteiger partial charge in [0.25, 0.3) is 11.8 Å². The van der Waals surface area contributed by atoms with E-state index < -0.39 is 17.7 Å². The van der Waals surface area contributed by atoms with Crippen molar-refractivity contribution in [2.24, 2.45) is 5.92 Å². The summed E-state index contributed by atoms with van der Waals surface area (Å²) in [5.41, 5.74) is 1.03. The van der Waals surface area contributed by atoms with E-state index in [-0.39, 0.29) is 17.0 Å². The molecule has 0 aliphatic heterocycles. The maximum absolute atomic E-state index is 14.0. The summed E-state index contributed by atoms with van der Waals surface area (Å²) in [6.07, 6.45) is 0. The molecule has 142 valence electrons. The molecule has 0 heterocycles. The standard InChI is InChI=1S/C20H21FN2O4/c1-11(2)10-22-18(24)13-5-7-17(12(3)8-13)23-19(25)15-6-4-14(20(26)27)9-16(15)21/h4-9,11H,10H2,1-3H3,(H,22,24)(H,23,25)(H,26,27). The minimum atomic E-state index is -1.27. The van der Waals surface area contributed by atoms with Gasteiger partial charge in [-0.05, 0) is 54.8 Å². The highest BCUT2D eigenvalue weighted by molar-refractivity contribution is 6.05. The Kier molecular flexibility index (Phi) is 6.28. The van der Waals surface area contributed by atoms with Crippen LogP contribution in [0, 0.1) is 18.7 Å². The molecule has 0 radical (unpaired) electrons. The van der Waals surface area contributed by atoms with E-state index in [0.29, 0.717) is 29.3 Å². The third-order valence-corrected chi connectivity index (χ3v) is 3.87. The van der Waals surface area contributed by atoms with E-state index in [9.17, 15) is 18.8 Å². The van der Waals surface area contributed by atoms with E-state index in [1.54, 1.807) is 25.1 Å². The quantitative estimate of drug-likeness (QED) is 0.723. The second-order valence-corrected chi connectivity index (χ2v) is 6.59. The number of benzene rings is 2. The maximum atomic E-state index is 14.0. The molecule has 0 saturated carbocycles. The summed E-state index contributed by atoms with van der Waals surface area (Å²) in [4.78, 5) is 35.2. The van der Waals surface area contributed by atoms with Crippen LogP contribution in [0.5, 0.6) is 0 Å². The van der Waals surface area contributed by atoms with E-state index in [1.165, 1.54) is 0 Å². The summed E-state index contributed by atoms with van der Waals surface area (Å²) in [7, 11) is 0. The summed E-state index contributed by atoms with van der Waals surface area (Å²) in [5, 5.41) is 14.2. The van der Waals surface area contributed by atoms with Crippen LogP contribution in [-0.4, -0.2) is 29.4 Å². The molecule has 0 unspecified atom stereocenters. The Balaban J connectivity index is 2.14. The number of carboxylic acid groups (broad SMARTS) is 1. The highest BCUT2D eigenvalue weighted by Gasteiger charge is 2.16. The number of hydrogen-bond donors (Lipinski definition) is 3. The highest BCUT2D eigenvalue weighted by Crippen LogP contribution is 2.19. The lowest BCUT2D eigenvalue weighted by atomic mass is 10.1. The number of aryl methyl sites for hydroxylation is 1. The van der Waals surface area contributed by atoms with Crippen molar-refractivity contribution in [1.82, 2.24) is 5.32 Å². The second-order valence-electron chi connectivity index (χ2n) is 6.59. The van der Waals surface area contributed by atoms with Crippen LogP contribution in [0.15, 0.2) is 36.4 Å². The number of anilines is 1. The van der Waals surface area contributed by atoms with Crippen LogP contribution in [0.3, 0.4) is 0 Å². The first kappa shape index (κ1) is 20.1. The molecule has 0 spiro atoms. The molecule has 3 N–H and O–H groups in total. The SMILES string of the molecule is Cc1cc(C(=O)NCC(C)C)ccc1NC(=O)c1ccc(C(=O)O)cc1F. The van der Waals surface area contributed by atoms with Crippen molar-refractivity contribution in [3.8, 4) is 0 Å². The van der Waals surface area contributed by atoms with Gasteiger partial charge in [-0.3, -0.25) is 9.59 Å². The first-order valence-corrected chi connectivity index (χ1v) is 8.42. The number of amides is 2. The average molecular weight is 372 g/mol. The predicted molar refractivity (Wildman–Crippen MR) is 99.7 cm³/mol. The summed E-state index contributed by atoms with van der Waals surface area (Å²) >= 11 is 0. The summed E-state index contributed by atoms with van der Waals surface area (Å²) in [5.74, 6) is -2.78. The molecular formula is C20H21FN2O4. The minimum absolute atomic E-state index is 0.208. The van der Waals surface area contributed by atoms with E-state index in [2.05, 4.69) is 10.6 Å². The Hall–Kier alpha value is -3.22. The molecule has 0 bridgehead atoms. The molecule has 0 aliphatic carbocycles. The Morgan fingerprint density at radius 3 is 2.26 bits per heavy atom. The van der Waals surface area contributed by atoms with Crippen LogP contribution in [-0.2, 0) is 0 Å². The summed E-state index contributed by atoms with van der Waals surface area (Å²) < 4.78 is 14.0. The fourth-order valence-electron chi connectivity index (χ4n) is 2.37. The maximum Gasteiger partial charge on any atom is 0.335 e. The highest BCUT2D eigenvalue weighted by atomic mass is 19.1. The van der Waals surface area contributed by atoms with E-state index in [4.69, 9.17) is 5.11 Å². The van der Waals surface area contributed by atoms with Gasteiger partial charge in [-0.15, -0.1) is 0 Å². The second kappa shape index (κ2) is 8.44. The first-order valence-electron chi connectivity index (χ1n) is 8.42. The zero-order valence-corrected chi connectivity index (χ0v) is 15.3. The van der Waals surface area contributed by atoms with E-state index in [0.717, 1.165) is 18.2 Å². The van der Waals surface area contributed by atoms with Crippen molar-refractivity contribution < 1.29 is 23.9 Å². The smallest absolute Gasteiger partial charge is 0.335 e. The molecule has 0 atom stereocenters. The fraction of sp³-hybridized carbons (Fsp3) is 0.250. The number of rotatable bonds is 6. The summed E-state index contributed by atoms with van der Waals surface area (Å²) in [6, 6.07) is 7.86. The van der Waals surface area contributed by atoms with Crippen molar-refractivity contribution in [1.29, 1.82) is 0 Å². The van der Waals surface area contributed by atoms with Gasteiger partial charge < -0.3 is 15.7 Å². The number of nitrogens with one attached hydrogen (secondary N) is 2. The van der Waals surface area contributed by atoms with Gasteiger partial charge in [0.15, 0.2) is 0 Å². The largest absolute Gasteiger partial charge is 0.478 e. The van der Waals surface area contributed by atoms with Crippen LogP contribution in [0.25, 0.3) is 0 Å².